The molecule has 1 rings (SSSR count). The molecule has 0 aliphatic carbocycles. The summed E-state index contributed by atoms with van der Waals surface area (Å²) in [7, 11) is 0. The Kier molecular flexibility index (Phi) is 31.7. The molecule has 0 saturated carbocycles. The average Bonchev–Trinajstić information content (AvgIpc) is 2.16. The molecule has 0 aliphatic rings. The Morgan fingerprint density at radius 3 is 1.58 bits per heavy atom. The minimum atomic E-state index is -1.53. The van der Waals surface area contributed by atoms with E-state index in [1.807, 2.05) is 0 Å². The average molecular weight is 294 g/mol. The van der Waals surface area contributed by atoms with Crippen LogP contribution in [0.25, 0.3) is 0 Å². The van der Waals surface area contributed by atoms with Gasteiger partial charge in [-0.05, 0) is 6.07 Å². The fourth-order valence-electron chi connectivity index (χ4n) is 0.884. The summed E-state index contributed by atoms with van der Waals surface area (Å²) in [6.45, 7) is 0. The summed E-state index contributed by atoms with van der Waals surface area (Å²) >= 11 is 0. The molecule has 19 heavy (non-hydrogen) atoms. The molecule has 0 bridgehead atoms. The molecule has 1 aromatic rings. The summed E-state index contributed by atoms with van der Waals surface area (Å²) in [5, 5.41) is 20.2. The molecule has 0 unspecified atom stereocenters. The van der Waals surface area contributed by atoms with Crippen molar-refractivity contribution in [1.29, 1.82) is 0 Å². The number of carbonyl (C=O) groups is 2. The predicted octanol–water partition coefficient (Wildman–Crippen LogP) is -6.02. The van der Waals surface area contributed by atoms with E-state index >= 15 is 0 Å². The third-order valence-electron chi connectivity index (χ3n) is 1.44. The Labute approximate surface area is 123 Å². The molecule has 0 atom stereocenters. The second-order valence-corrected chi connectivity index (χ2v) is 2.20. The Morgan fingerprint density at radius 1 is 0.895 bits per heavy atom. The Balaban J connectivity index is -0.0000000704. The van der Waals surface area contributed by atoms with Crippen LogP contribution in [-0.4, -0.2) is 62.4 Å². The third kappa shape index (κ3) is 9.29. The van der Waals surface area contributed by atoms with Crippen LogP contribution in [0.2, 0.25) is 0 Å². The maximum atomic E-state index is 10.7. The number of benzene rings is 1. The van der Waals surface area contributed by atoms with E-state index in [-0.39, 0.29) is 61.6 Å². The number of carboxylic acids is 1. The number of carbonyl (C=O) groups excluding carboxylic acids is 2. The van der Waals surface area contributed by atoms with Gasteiger partial charge in [-0.25, -0.2) is 4.79 Å². The van der Waals surface area contributed by atoms with Crippen LogP contribution in [0.1, 0.15) is 20.7 Å². The maximum absolute atomic E-state index is 10.7. The Morgan fingerprint density at radius 2 is 1.26 bits per heavy atom. The molecule has 0 amide bonds. The van der Waals surface area contributed by atoms with Crippen molar-refractivity contribution in [1.82, 2.24) is 0 Å². The van der Waals surface area contributed by atoms with E-state index in [1.54, 1.807) is 0 Å². The van der Waals surface area contributed by atoms with Gasteiger partial charge in [-0.2, -0.15) is 0 Å². The van der Waals surface area contributed by atoms with Gasteiger partial charge in [-0.3, -0.25) is 0 Å². The van der Waals surface area contributed by atoms with E-state index < -0.39 is 11.9 Å². The summed E-state index contributed by atoms with van der Waals surface area (Å²) in [5.74, 6) is -2.76. The SMILES string of the molecule is O.O.O.O.O.O=C([O-])c1ccccc1C(=O)O[O-].[Mg+2]. The van der Waals surface area contributed by atoms with Gasteiger partial charge in [0.05, 0.1) is 11.5 Å². The van der Waals surface area contributed by atoms with Crippen LogP contribution in [0.15, 0.2) is 24.3 Å². The first kappa shape index (κ1) is 36.1. The van der Waals surface area contributed by atoms with Gasteiger partial charge in [0, 0.05) is 5.56 Å². The van der Waals surface area contributed by atoms with Crippen LogP contribution in [0.3, 0.4) is 0 Å². The monoisotopic (exact) mass is 294 g/mol. The molecule has 10 nitrogen and oxygen atoms in total. The minimum Gasteiger partial charge on any atom is -0.661 e. The van der Waals surface area contributed by atoms with E-state index in [0.29, 0.717) is 0 Å². The van der Waals surface area contributed by atoms with E-state index in [9.17, 15) is 20.0 Å². The van der Waals surface area contributed by atoms with Crippen LogP contribution < -0.4 is 10.4 Å². The second kappa shape index (κ2) is 16.7. The van der Waals surface area contributed by atoms with Crippen molar-refractivity contribution in [2.24, 2.45) is 0 Å². The van der Waals surface area contributed by atoms with Gasteiger partial charge in [-0.1, -0.05) is 18.2 Å². The van der Waals surface area contributed by atoms with Gasteiger partial charge in [0.1, 0.15) is 0 Å². The van der Waals surface area contributed by atoms with Crippen LogP contribution >= 0.6 is 0 Å². The molecule has 0 heterocycles. The van der Waals surface area contributed by atoms with Crippen molar-refractivity contribution in [3.63, 3.8) is 0 Å². The number of aromatic carboxylic acids is 1. The van der Waals surface area contributed by atoms with Crippen LogP contribution in [0.4, 0.5) is 0 Å². The smallest absolute Gasteiger partial charge is 0.661 e. The molecular weight excluding hydrogens is 280 g/mol. The molecule has 11 heteroatoms. The van der Waals surface area contributed by atoms with E-state index in [2.05, 4.69) is 4.89 Å². The van der Waals surface area contributed by atoms with Crippen molar-refractivity contribution in [3.8, 4) is 0 Å². The predicted molar refractivity (Wildman–Crippen MR) is 60.0 cm³/mol. The van der Waals surface area contributed by atoms with Crippen LogP contribution in [-0.2, 0) is 4.89 Å². The number of hydrogen-bond acceptors (Lipinski definition) is 5. The minimum absolute atomic E-state index is 0. The van der Waals surface area contributed by atoms with Gasteiger partial charge < -0.3 is 47.4 Å². The summed E-state index contributed by atoms with van der Waals surface area (Å²) in [6, 6.07) is 5.15. The van der Waals surface area contributed by atoms with Gasteiger partial charge in [-0.15, -0.1) is 0 Å². The van der Waals surface area contributed by atoms with Gasteiger partial charge >= 0.3 is 29.0 Å². The fourth-order valence-corrected chi connectivity index (χ4v) is 0.884. The largest absolute Gasteiger partial charge is 2.00 e. The number of carboxylic acid groups (broad SMARTS) is 1. The molecule has 0 spiro atoms. The van der Waals surface area contributed by atoms with Gasteiger partial charge in [0.2, 0.25) is 0 Å². The molecule has 1 aromatic carbocycles. The molecule has 0 aliphatic heterocycles. The zero-order valence-corrected chi connectivity index (χ0v) is 11.0. The first-order valence-electron chi connectivity index (χ1n) is 3.31. The zero-order valence-electron chi connectivity index (χ0n) is 9.56. The van der Waals surface area contributed by atoms with E-state index in [4.69, 9.17) is 0 Å². The molecule has 0 radical (unpaired) electrons. The quantitative estimate of drug-likeness (QED) is 0.292. The molecule has 0 aromatic heterocycles. The van der Waals surface area contributed by atoms with Crippen molar-refractivity contribution in [3.05, 3.63) is 35.4 Å². The Bertz CT molecular complexity index is 355. The van der Waals surface area contributed by atoms with Crippen LogP contribution in [0, 0.1) is 0 Å². The molecule has 10 N–H and O–H groups in total. The van der Waals surface area contributed by atoms with Crippen molar-refractivity contribution < 1.29 is 52.2 Å². The third-order valence-corrected chi connectivity index (χ3v) is 1.44. The van der Waals surface area contributed by atoms with Gasteiger partial charge in [0.25, 0.3) is 0 Å². The first-order chi connectivity index (χ1) is 6.16. The fraction of sp³-hybridized carbons (Fsp3) is 0. The van der Waals surface area contributed by atoms with E-state index in [1.165, 1.54) is 18.2 Å². The standard InChI is InChI=1S/C8H6O5.Mg.5H2O/c9-7(10)5-3-1-2-4-6(5)8(11)13-12;;;;;;/h1-4,12H,(H,9,10);;5*1H2/q;+2;;;;;/p-2. The van der Waals surface area contributed by atoms with Crippen molar-refractivity contribution in [2.75, 3.05) is 0 Å². The second-order valence-electron chi connectivity index (χ2n) is 2.20. The number of rotatable bonds is 2. The van der Waals surface area contributed by atoms with Gasteiger partial charge in [0.15, 0.2) is 0 Å². The number of hydrogen-bond donors (Lipinski definition) is 0. The Hall–Kier alpha value is -1.31. The summed E-state index contributed by atoms with van der Waals surface area (Å²) < 4.78 is 0. The normalized spacial score (nSPS) is 6.37. The van der Waals surface area contributed by atoms with E-state index in [0.717, 1.165) is 6.07 Å². The van der Waals surface area contributed by atoms with Crippen molar-refractivity contribution in [2.45, 2.75) is 0 Å². The summed E-state index contributed by atoms with van der Waals surface area (Å²) in [5.41, 5.74) is -0.666. The molecular formula is C8H14MgO10. The molecule has 0 saturated heterocycles. The molecule has 0 fully saturated rings. The first-order valence-corrected chi connectivity index (χ1v) is 3.31. The van der Waals surface area contributed by atoms with Crippen LogP contribution in [0.5, 0.6) is 0 Å². The van der Waals surface area contributed by atoms with Crippen molar-refractivity contribution >= 4 is 35.0 Å². The summed E-state index contributed by atoms with van der Waals surface area (Å²) in [6.07, 6.45) is 0. The molecule has 108 valence electrons. The summed E-state index contributed by atoms with van der Waals surface area (Å²) in [4.78, 5) is 24.3. The topological polar surface area (TPSA) is 247 Å². The maximum Gasteiger partial charge on any atom is 2.00 e. The zero-order chi connectivity index (χ0) is 9.84.